The number of benzene rings is 1. The van der Waals surface area contributed by atoms with Gasteiger partial charge in [0.15, 0.2) is 11.8 Å². The highest BCUT2D eigenvalue weighted by molar-refractivity contribution is 6.46. The molecule has 1 aromatic rings. The molecule has 2 amide bonds. The minimum atomic E-state index is -1.25. The zero-order chi connectivity index (χ0) is 17.4. The molecule has 3 rings (SSSR count). The Morgan fingerprint density at radius 2 is 2.08 bits per heavy atom. The Bertz CT molecular complexity index is 775. The number of ether oxygens (including phenoxy) is 1. The van der Waals surface area contributed by atoms with Gasteiger partial charge in [0.1, 0.15) is 5.92 Å². The van der Waals surface area contributed by atoms with Crippen LogP contribution in [0.5, 0.6) is 0 Å². The number of nitrogens with zero attached hydrogens (tertiary/aromatic N) is 4. The Morgan fingerprint density at radius 1 is 1.33 bits per heavy atom. The molecule has 2 atom stereocenters. The number of nitroso groups, excluding NO2 is 1. The average Bonchev–Trinajstić information content (AvgIpc) is 3.05. The summed E-state index contributed by atoms with van der Waals surface area (Å²) >= 11 is 0. The SMILES string of the molecule is CCOC(=O)C1=NN(N=O)[C@@H]2C(=O)N(c3cccc(C)c3)C(=O)[C@@H]12. The maximum atomic E-state index is 12.7. The predicted octanol–water partition coefficient (Wildman–Crippen LogP) is 0.769. The van der Waals surface area contributed by atoms with E-state index in [0.29, 0.717) is 10.8 Å². The van der Waals surface area contributed by atoms with Crippen LogP contribution in [0.4, 0.5) is 5.69 Å². The quantitative estimate of drug-likeness (QED) is 0.458. The molecule has 2 heterocycles. The normalized spacial score (nSPS) is 22.5. The van der Waals surface area contributed by atoms with Gasteiger partial charge in [-0.2, -0.15) is 0 Å². The zero-order valence-electron chi connectivity index (χ0n) is 13.0. The number of fused-ring (bicyclic) bond motifs is 1. The van der Waals surface area contributed by atoms with Gasteiger partial charge in [-0.3, -0.25) is 9.59 Å². The van der Waals surface area contributed by atoms with Crippen molar-refractivity contribution in [2.45, 2.75) is 19.9 Å². The van der Waals surface area contributed by atoms with Crippen molar-refractivity contribution in [3.8, 4) is 0 Å². The van der Waals surface area contributed by atoms with E-state index in [4.69, 9.17) is 4.74 Å². The van der Waals surface area contributed by atoms with E-state index in [1.807, 2.05) is 13.0 Å². The molecule has 9 heteroatoms. The summed E-state index contributed by atoms with van der Waals surface area (Å²) in [5, 5.41) is 6.89. The van der Waals surface area contributed by atoms with E-state index in [0.717, 1.165) is 10.5 Å². The Hall–Kier alpha value is -3.10. The van der Waals surface area contributed by atoms with Gasteiger partial charge in [-0.1, -0.05) is 12.1 Å². The van der Waals surface area contributed by atoms with Crippen LogP contribution >= 0.6 is 0 Å². The van der Waals surface area contributed by atoms with Crippen LogP contribution in [-0.4, -0.2) is 41.3 Å². The monoisotopic (exact) mass is 330 g/mol. The molecule has 24 heavy (non-hydrogen) atoms. The third kappa shape index (κ3) is 2.25. The number of hydrogen-bond acceptors (Lipinski definition) is 7. The molecule has 124 valence electrons. The van der Waals surface area contributed by atoms with Crippen molar-refractivity contribution in [2.75, 3.05) is 11.5 Å². The van der Waals surface area contributed by atoms with Crippen LogP contribution in [0.25, 0.3) is 0 Å². The predicted molar refractivity (Wildman–Crippen MR) is 82.7 cm³/mol. The molecule has 1 fully saturated rings. The number of aryl methyl sites for hydroxylation is 1. The maximum Gasteiger partial charge on any atom is 0.355 e. The third-order valence-electron chi connectivity index (χ3n) is 3.86. The first kappa shape index (κ1) is 15.8. The second-order valence-electron chi connectivity index (χ2n) is 5.38. The van der Waals surface area contributed by atoms with Crippen molar-refractivity contribution >= 4 is 29.2 Å². The molecule has 2 aliphatic heterocycles. The molecule has 9 nitrogen and oxygen atoms in total. The summed E-state index contributed by atoms with van der Waals surface area (Å²) in [5.41, 5.74) is 0.943. The molecule has 0 N–H and O–H groups in total. The van der Waals surface area contributed by atoms with E-state index in [1.165, 1.54) is 0 Å². The molecular weight excluding hydrogens is 316 g/mol. The molecule has 0 aromatic heterocycles. The van der Waals surface area contributed by atoms with Crippen LogP contribution in [0.3, 0.4) is 0 Å². The number of anilines is 1. The molecule has 1 saturated heterocycles. The molecule has 0 unspecified atom stereocenters. The van der Waals surface area contributed by atoms with Gasteiger partial charge in [-0.05, 0) is 31.5 Å². The molecule has 0 spiro atoms. The van der Waals surface area contributed by atoms with E-state index in [-0.39, 0.29) is 12.3 Å². The van der Waals surface area contributed by atoms with E-state index in [1.54, 1.807) is 25.1 Å². The van der Waals surface area contributed by atoms with Crippen molar-refractivity contribution < 1.29 is 19.1 Å². The van der Waals surface area contributed by atoms with E-state index in [9.17, 15) is 19.3 Å². The Kier molecular flexibility index (Phi) is 3.84. The smallest absolute Gasteiger partial charge is 0.355 e. The minimum Gasteiger partial charge on any atom is -0.461 e. The first-order valence-electron chi connectivity index (χ1n) is 7.32. The van der Waals surface area contributed by atoms with E-state index >= 15 is 0 Å². The van der Waals surface area contributed by atoms with Crippen LogP contribution < -0.4 is 4.90 Å². The highest BCUT2D eigenvalue weighted by Crippen LogP contribution is 2.35. The van der Waals surface area contributed by atoms with Crippen LogP contribution in [0.15, 0.2) is 34.7 Å². The molecule has 0 aliphatic carbocycles. The van der Waals surface area contributed by atoms with Crippen LogP contribution in [0.1, 0.15) is 12.5 Å². The van der Waals surface area contributed by atoms with Crippen molar-refractivity contribution in [1.29, 1.82) is 0 Å². The Labute approximate surface area is 136 Å². The third-order valence-corrected chi connectivity index (χ3v) is 3.86. The highest BCUT2D eigenvalue weighted by atomic mass is 16.5. The van der Waals surface area contributed by atoms with Gasteiger partial charge in [0, 0.05) is 0 Å². The molecule has 1 aromatic carbocycles. The van der Waals surface area contributed by atoms with Crippen LogP contribution in [0.2, 0.25) is 0 Å². The summed E-state index contributed by atoms with van der Waals surface area (Å²) in [6, 6.07) is 5.53. The fourth-order valence-corrected chi connectivity index (χ4v) is 2.85. The number of carbonyl (C=O) groups is 3. The van der Waals surface area contributed by atoms with Gasteiger partial charge < -0.3 is 4.74 Å². The summed E-state index contributed by atoms with van der Waals surface area (Å²) in [4.78, 5) is 49.3. The highest BCUT2D eigenvalue weighted by Gasteiger charge is 2.59. The molecule has 2 aliphatic rings. The Balaban J connectivity index is 2.02. The van der Waals surface area contributed by atoms with E-state index in [2.05, 4.69) is 10.4 Å². The number of amides is 2. The lowest BCUT2D eigenvalue weighted by molar-refractivity contribution is -0.136. The van der Waals surface area contributed by atoms with Gasteiger partial charge in [0.2, 0.25) is 5.91 Å². The summed E-state index contributed by atoms with van der Waals surface area (Å²) in [7, 11) is 0. The average molecular weight is 330 g/mol. The number of rotatable bonds is 4. The lowest BCUT2D eigenvalue weighted by Crippen LogP contribution is -2.36. The Morgan fingerprint density at radius 3 is 2.71 bits per heavy atom. The maximum absolute atomic E-state index is 12.7. The largest absolute Gasteiger partial charge is 0.461 e. The minimum absolute atomic E-state index is 0.0769. The number of esters is 1. The number of hydrazone groups is 1. The number of imide groups is 1. The van der Waals surface area contributed by atoms with Gasteiger partial charge in [-0.15, -0.1) is 15.1 Å². The molecule has 0 bridgehead atoms. The fraction of sp³-hybridized carbons (Fsp3) is 0.333. The fourth-order valence-electron chi connectivity index (χ4n) is 2.85. The van der Waals surface area contributed by atoms with Crippen LogP contribution in [0, 0.1) is 17.7 Å². The summed E-state index contributed by atoms with van der Waals surface area (Å²) in [6.07, 6.45) is 0. The number of carbonyl (C=O) groups excluding carboxylic acids is 3. The first-order valence-corrected chi connectivity index (χ1v) is 7.32. The van der Waals surface area contributed by atoms with Crippen molar-refractivity contribution in [3.05, 3.63) is 34.7 Å². The second-order valence-corrected chi connectivity index (χ2v) is 5.38. The van der Waals surface area contributed by atoms with Gasteiger partial charge >= 0.3 is 5.97 Å². The van der Waals surface area contributed by atoms with Crippen molar-refractivity contribution in [3.63, 3.8) is 0 Å². The lowest BCUT2D eigenvalue weighted by atomic mass is 9.98. The van der Waals surface area contributed by atoms with Crippen LogP contribution in [-0.2, 0) is 19.1 Å². The molecule has 0 saturated carbocycles. The van der Waals surface area contributed by atoms with Crippen molar-refractivity contribution in [2.24, 2.45) is 16.3 Å². The summed E-state index contributed by atoms with van der Waals surface area (Å²) < 4.78 is 4.85. The van der Waals surface area contributed by atoms with Gasteiger partial charge in [-0.25, -0.2) is 9.69 Å². The molecular formula is C15H14N4O5. The van der Waals surface area contributed by atoms with Gasteiger partial charge in [0.05, 0.1) is 17.6 Å². The second kappa shape index (κ2) is 5.84. The standard InChI is InChI=1S/C15H14N4O5/c1-3-24-15(22)11-10-12(19(16-11)17-23)14(21)18(13(10)20)9-6-4-5-8(2)7-9/h4-7,10,12H,3H2,1-2H3/t10-,12-/m0/s1. The van der Waals surface area contributed by atoms with Crippen molar-refractivity contribution in [1.82, 2.24) is 5.12 Å². The zero-order valence-corrected chi connectivity index (χ0v) is 13.0. The van der Waals surface area contributed by atoms with Gasteiger partial charge in [0.25, 0.3) is 5.91 Å². The lowest BCUT2D eigenvalue weighted by Gasteiger charge is -2.17. The first-order chi connectivity index (χ1) is 11.5. The number of hydrogen-bond donors (Lipinski definition) is 0. The summed E-state index contributed by atoms with van der Waals surface area (Å²) in [5.74, 6) is -3.33. The van der Waals surface area contributed by atoms with E-state index < -0.39 is 29.7 Å². The summed E-state index contributed by atoms with van der Waals surface area (Å²) in [6.45, 7) is 3.49. The molecule has 0 radical (unpaired) electrons. The topological polar surface area (TPSA) is 109 Å².